The van der Waals surface area contributed by atoms with Crippen molar-refractivity contribution in [2.75, 3.05) is 30.0 Å². The second-order valence-corrected chi connectivity index (χ2v) is 4.91. The zero-order valence-electron chi connectivity index (χ0n) is 10.3. The standard InChI is InChI=1S/C10H14N6OS/c1-15(2)10-13-8(11)7(18-10)9(17)12-6-4-5-16(3)14-6/h4-5H,11H2,1-3H3,(H,12,14,17). The fourth-order valence-electron chi connectivity index (χ4n) is 1.33. The van der Waals surface area contributed by atoms with Crippen molar-refractivity contribution < 1.29 is 4.79 Å². The summed E-state index contributed by atoms with van der Waals surface area (Å²) >= 11 is 1.24. The summed E-state index contributed by atoms with van der Waals surface area (Å²) in [6.45, 7) is 0. The average molecular weight is 266 g/mol. The number of nitrogens with zero attached hydrogens (tertiary/aromatic N) is 4. The van der Waals surface area contributed by atoms with Gasteiger partial charge in [-0.2, -0.15) is 5.10 Å². The normalized spacial score (nSPS) is 10.4. The number of hydrogen-bond acceptors (Lipinski definition) is 6. The second-order valence-electron chi connectivity index (χ2n) is 3.93. The molecule has 0 saturated carbocycles. The van der Waals surface area contributed by atoms with Crippen molar-refractivity contribution >= 4 is 34.0 Å². The van der Waals surface area contributed by atoms with Gasteiger partial charge in [-0.15, -0.1) is 0 Å². The van der Waals surface area contributed by atoms with Crippen LogP contribution in [0.4, 0.5) is 16.8 Å². The van der Waals surface area contributed by atoms with Gasteiger partial charge in [-0.3, -0.25) is 9.48 Å². The maximum Gasteiger partial charge on any atom is 0.270 e. The maximum absolute atomic E-state index is 12.0. The molecule has 18 heavy (non-hydrogen) atoms. The minimum Gasteiger partial charge on any atom is -0.382 e. The minimum atomic E-state index is -0.295. The van der Waals surface area contributed by atoms with Crippen LogP contribution in [0.1, 0.15) is 9.67 Å². The van der Waals surface area contributed by atoms with Crippen molar-refractivity contribution in [1.82, 2.24) is 14.8 Å². The Kier molecular flexibility index (Phi) is 3.19. The molecule has 2 aromatic heterocycles. The van der Waals surface area contributed by atoms with E-state index in [1.165, 1.54) is 11.3 Å². The fourth-order valence-corrected chi connectivity index (χ4v) is 2.13. The molecule has 0 aliphatic heterocycles. The summed E-state index contributed by atoms with van der Waals surface area (Å²) in [5.41, 5.74) is 5.73. The fraction of sp³-hybridized carbons (Fsp3) is 0.300. The van der Waals surface area contributed by atoms with Gasteiger partial charge in [0.1, 0.15) is 10.7 Å². The Hall–Kier alpha value is -2.09. The largest absolute Gasteiger partial charge is 0.382 e. The topological polar surface area (TPSA) is 89.1 Å². The first-order chi connectivity index (χ1) is 8.47. The van der Waals surface area contributed by atoms with Crippen LogP contribution in [0, 0.1) is 0 Å². The number of hydrogen-bond donors (Lipinski definition) is 2. The summed E-state index contributed by atoms with van der Waals surface area (Å²) in [6, 6.07) is 1.71. The molecule has 2 heterocycles. The lowest BCUT2D eigenvalue weighted by Crippen LogP contribution is -2.12. The number of anilines is 3. The zero-order valence-corrected chi connectivity index (χ0v) is 11.2. The lowest BCUT2D eigenvalue weighted by atomic mass is 10.4. The first-order valence-electron chi connectivity index (χ1n) is 5.22. The van der Waals surface area contributed by atoms with Crippen LogP contribution in [0.25, 0.3) is 0 Å². The SMILES string of the molecule is CN(C)c1nc(N)c(C(=O)Nc2ccn(C)n2)s1. The van der Waals surface area contributed by atoms with E-state index in [4.69, 9.17) is 5.73 Å². The molecule has 0 radical (unpaired) electrons. The van der Waals surface area contributed by atoms with E-state index in [-0.39, 0.29) is 11.7 Å². The molecule has 3 N–H and O–H groups in total. The molecule has 0 aliphatic carbocycles. The first-order valence-corrected chi connectivity index (χ1v) is 6.03. The molecular weight excluding hydrogens is 252 g/mol. The van der Waals surface area contributed by atoms with E-state index in [1.54, 1.807) is 28.9 Å². The highest BCUT2D eigenvalue weighted by Gasteiger charge is 2.17. The molecule has 2 rings (SSSR count). The number of carbonyl (C=O) groups excluding carboxylic acids is 1. The molecule has 1 amide bonds. The van der Waals surface area contributed by atoms with Crippen molar-refractivity contribution in [1.29, 1.82) is 0 Å². The number of carbonyl (C=O) groups is 1. The lowest BCUT2D eigenvalue weighted by molar-refractivity contribution is 0.103. The van der Waals surface area contributed by atoms with Crippen LogP contribution in [-0.4, -0.2) is 34.8 Å². The van der Waals surface area contributed by atoms with Crippen LogP contribution in [-0.2, 0) is 7.05 Å². The molecule has 0 atom stereocenters. The number of aryl methyl sites for hydroxylation is 1. The number of thiazole rings is 1. The van der Waals surface area contributed by atoms with E-state index < -0.39 is 0 Å². The first kappa shape index (κ1) is 12.4. The van der Waals surface area contributed by atoms with Crippen LogP contribution in [0.15, 0.2) is 12.3 Å². The van der Waals surface area contributed by atoms with Crippen molar-refractivity contribution in [3.05, 3.63) is 17.1 Å². The minimum absolute atomic E-state index is 0.233. The third kappa shape index (κ3) is 2.43. The van der Waals surface area contributed by atoms with Crippen molar-refractivity contribution in [2.24, 2.45) is 7.05 Å². The number of amides is 1. The number of nitrogen functional groups attached to an aromatic ring is 1. The number of nitrogens with two attached hydrogens (primary N) is 1. The molecule has 0 saturated heterocycles. The second kappa shape index (κ2) is 4.65. The Morgan fingerprint density at radius 1 is 1.56 bits per heavy atom. The Morgan fingerprint density at radius 2 is 2.28 bits per heavy atom. The van der Waals surface area contributed by atoms with Crippen molar-refractivity contribution in [2.45, 2.75) is 0 Å². The summed E-state index contributed by atoms with van der Waals surface area (Å²) in [5.74, 6) is 0.427. The third-order valence-corrected chi connectivity index (χ3v) is 3.42. The summed E-state index contributed by atoms with van der Waals surface area (Å²) in [7, 11) is 5.47. The smallest absolute Gasteiger partial charge is 0.270 e. The van der Waals surface area contributed by atoms with Gasteiger partial charge < -0.3 is 16.0 Å². The van der Waals surface area contributed by atoms with Gasteiger partial charge in [-0.25, -0.2) is 4.98 Å². The van der Waals surface area contributed by atoms with Gasteiger partial charge in [0, 0.05) is 33.4 Å². The van der Waals surface area contributed by atoms with Gasteiger partial charge in [0.05, 0.1) is 0 Å². The summed E-state index contributed by atoms with van der Waals surface area (Å²) < 4.78 is 1.61. The summed E-state index contributed by atoms with van der Waals surface area (Å²) in [4.78, 5) is 18.3. The van der Waals surface area contributed by atoms with E-state index in [2.05, 4.69) is 15.4 Å². The van der Waals surface area contributed by atoms with Gasteiger partial charge in [0.25, 0.3) is 5.91 Å². The molecule has 0 aromatic carbocycles. The van der Waals surface area contributed by atoms with E-state index in [9.17, 15) is 4.79 Å². The van der Waals surface area contributed by atoms with E-state index in [1.807, 2.05) is 14.1 Å². The van der Waals surface area contributed by atoms with Gasteiger partial charge in [0.2, 0.25) is 0 Å². The number of rotatable bonds is 3. The molecule has 0 fully saturated rings. The van der Waals surface area contributed by atoms with Crippen molar-refractivity contribution in [3.63, 3.8) is 0 Å². The molecule has 0 bridgehead atoms. The summed E-state index contributed by atoms with van der Waals surface area (Å²) in [5, 5.41) is 7.43. The maximum atomic E-state index is 12.0. The quantitative estimate of drug-likeness (QED) is 0.857. The highest BCUT2D eigenvalue weighted by atomic mass is 32.1. The molecule has 7 nitrogen and oxygen atoms in total. The van der Waals surface area contributed by atoms with E-state index in [0.717, 1.165) is 0 Å². The Balaban J connectivity index is 2.18. The molecule has 0 unspecified atom stereocenters. The predicted octanol–water partition coefficient (Wildman–Crippen LogP) is 0.777. The lowest BCUT2D eigenvalue weighted by Gasteiger charge is -2.04. The molecule has 2 aromatic rings. The molecular formula is C10H14N6OS. The molecule has 0 spiro atoms. The van der Waals surface area contributed by atoms with Crippen LogP contribution in [0.2, 0.25) is 0 Å². The van der Waals surface area contributed by atoms with Gasteiger partial charge in [-0.1, -0.05) is 11.3 Å². The Bertz CT molecular complexity index is 573. The van der Waals surface area contributed by atoms with Gasteiger partial charge in [-0.05, 0) is 0 Å². The monoisotopic (exact) mass is 266 g/mol. The molecule has 0 aliphatic rings. The van der Waals surface area contributed by atoms with Crippen LogP contribution in [0.3, 0.4) is 0 Å². The van der Waals surface area contributed by atoms with Crippen LogP contribution < -0.4 is 16.0 Å². The van der Waals surface area contributed by atoms with Crippen LogP contribution in [0.5, 0.6) is 0 Å². The third-order valence-electron chi connectivity index (χ3n) is 2.19. The molecule has 96 valence electrons. The van der Waals surface area contributed by atoms with Crippen molar-refractivity contribution in [3.8, 4) is 0 Å². The highest BCUT2D eigenvalue weighted by Crippen LogP contribution is 2.27. The van der Waals surface area contributed by atoms with Crippen LogP contribution >= 0.6 is 11.3 Å². The predicted molar refractivity (Wildman–Crippen MR) is 72.0 cm³/mol. The zero-order chi connectivity index (χ0) is 13.3. The van der Waals surface area contributed by atoms with E-state index >= 15 is 0 Å². The van der Waals surface area contributed by atoms with E-state index in [0.29, 0.717) is 15.8 Å². The summed E-state index contributed by atoms with van der Waals surface area (Å²) in [6.07, 6.45) is 1.75. The average Bonchev–Trinajstić information content (AvgIpc) is 2.85. The Morgan fingerprint density at radius 3 is 2.78 bits per heavy atom. The molecule has 8 heteroatoms. The Labute approximate surface area is 108 Å². The number of nitrogens with one attached hydrogen (secondary N) is 1. The number of aromatic nitrogens is 3. The van der Waals surface area contributed by atoms with Gasteiger partial charge in [0.15, 0.2) is 10.9 Å². The highest BCUT2D eigenvalue weighted by molar-refractivity contribution is 7.18. The van der Waals surface area contributed by atoms with Gasteiger partial charge >= 0.3 is 0 Å².